The van der Waals surface area contributed by atoms with Gasteiger partial charge in [-0.15, -0.1) is 0 Å². The maximum atomic E-state index is 9.14. The van der Waals surface area contributed by atoms with Gasteiger partial charge in [0.25, 0.3) is 0 Å². The third-order valence-corrected chi connectivity index (χ3v) is 4.69. The number of ether oxygens (including phenoxy) is 1. The summed E-state index contributed by atoms with van der Waals surface area (Å²) in [7, 11) is 1.69. The van der Waals surface area contributed by atoms with E-state index in [-0.39, 0.29) is 0 Å². The zero-order valence-corrected chi connectivity index (χ0v) is 14.5. The highest BCUT2D eigenvalue weighted by Crippen LogP contribution is 2.35. The molecule has 1 heterocycles. The van der Waals surface area contributed by atoms with Crippen molar-refractivity contribution in [3.63, 3.8) is 0 Å². The van der Waals surface area contributed by atoms with E-state index in [0.717, 1.165) is 28.0 Å². The highest BCUT2D eigenvalue weighted by atomic mass is 16.5. The number of aromatic nitrogens is 1. The lowest BCUT2D eigenvalue weighted by Gasteiger charge is -2.11. The summed E-state index contributed by atoms with van der Waals surface area (Å²) in [6, 6.07) is 20.7. The average molecular weight is 326 g/mol. The number of hydrogen-bond donors (Lipinski definition) is 0. The van der Waals surface area contributed by atoms with Gasteiger partial charge in [0, 0.05) is 16.5 Å². The van der Waals surface area contributed by atoms with Crippen molar-refractivity contribution < 1.29 is 4.74 Å². The van der Waals surface area contributed by atoms with Crippen LogP contribution in [0.4, 0.5) is 0 Å². The minimum Gasteiger partial charge on any atom is -0.497 e. The maximum Gasteiger partial charge on any atom is 0.119 e. The fourth-order valence-corrected chi connectivity index (χ4v) is 3.48. The van der Waals surface area contributed by atoms with Crippen LogP contribution in [0, 0.1) is 25.2 Å². The van der Waals surface area contributed by atoms with E-state index in [9.17, 15) is 0 Å². The summed E-state index contributed by atoms with van der Waals surface area (Å²) in [6.45, 7) is 4.15. The third kappa shape index (κ3) is 2.35. The van der Waals surface area contributed by atoms with E-state index in [0.29, 0.717) is 5.56 Å². The minimum absolute atomic E-state index is 0.680. The standard InChI is InChI=1S/C22H18N2O/c1-14-4-7-21-18(10-14)19-12-17(25-3)6-9-22(19)24(21)20-8-5-16(13-23)11-15(20)2/h4-12H,1-3H3. The van der Waals surface area contributed by atoms with Gasteiger partial charge in [-0.1, -0.05) is 11.6 Å². The fourth-order valence-electron chi connectivity index (χ4n) is 3.48. The molecule has 0 N–H and O–H groups in total. The Morgan fingerprint density at radius 2 is 1.60 bits per heavy atom. The van der Waals surface area contributed by atoms with Gasteiger partial charge in [-0.05, 0) is 67.9 Å². The van der Waals surface area contributed by atoms with Gasteiger partial charge >= 0.3 is 0 Å². The SMILES string of the molecule is COc1ccc2c(c1)c1cc(C)ccc1n2-c1ccc(C#N)cc1C. The van der Waals surface area contributed by atoms with Crippen LogP contribution in [0.5, 0.6) is 5.75 Å². The molecule has 0 amide bonds. The Bertz CT molecular complexity index is 1160. The van der Waals surface area contributed by atoms with Gasteiger partial charge in [-0.25, -0.2) is 0 Å². The van der Waals surface area contributed by atoms with Gasteiger partial charge in [-0.3, -0.25) is 0 Å². The monoisotopic (exact) mass is 326 g/mol. The van der Waals surface area contributed by atoms with E-state index in [1.807, 2.05) is 31.2 Å². The summed E-state index contributed by atoms with van der Waals surface area (Å²) in [5.41, 5.74) is 6.36. The number of nitrogens with zero attached hydrogens (tertiary/aromatic N) is 2. The van der Waals surface area contributed by atoms with Gasteiger partial charge in [0.05, 0.1) is 29.8 Å². The molecule has 0 aliphatic heterocycles. The smallest absolute Gasteiger partial charge is 0.119 e. The van der Waals surface area contributed by atoms with Crippen LogP contribution in [-0.2, 0) is 0 Å². The Labute approximate surface area is 146 Å². The summed E-state index contributed by atoms with van der Waals surface area (Å²) in [4.78, 5) is 0. The predicted octanol–water partition coefficient (Wildman–Crippen LogP) is 5.28. The van der Waals surface area contributed by atoms with Crippen LogP contribution in [-0.4, -0.2) is 11.7 Å². The topological polar surface area (TPSA) is 38.0 Å². The van der Waals surface area contributed by atoms with E-state index in [4.69, 9.17) is 10.00 Å². The summed E-state index contributed by atoms with van der Waals surface area (Å²) < 4.78 is 7.69. The normalized spacial score (nSPS) is 11.0. The Morgan fingerprint density at radius 3 is 2.28 bits per heavy atom. The van der Waals surface area contributed by atoms with Crippen molar-refractivity contribution in [3.8, 4) is 17.5 Å². The van der Waals surface area contributed by atoms with Crippen LogP contribution < -0.4 is 4.74 Å². The van der Waals surface area contributed by atoms with Gasteiger partial charge < -0.3 is 9.30 Å². The molecule has 1 aromatic heterocycles. The zero-order chi connectivity index (χ0) is 17.6. The van der Waals surface area contributed by atoms with Crippen molar-refractivity contribution in [2.24, 2.45) is 0 Å². The Balaban J connectivity index is 2.14. The van der Waals surface area contributed by atoms with Crippen molar-refractivity contribution in [1.29, 1.82) is 5.26 Å². The summed E-state index contributed by atoms with van der Waals surface area (Å²) >= 11 is 0. The van der Waals surface area contributed by atoms with Gasteiger partial charge in [0.15, 0.2) is 0 Å². The Kier molecular flexibility index (Phi) is 3.47. The zero-order valence-electron chi connectivity index (χ0n) is 14.5. The molecular weight excluding hydrogens is 308 g/mol. The van der Waals surface area contributed by atoms with Gasteiger partial charge in [0.2, 0.25) is 0 Å². The molecule has 4 rings (SSSR count). The molecule has 0 bridgehead atoms. The first-order valence-corrected chi connectivity index (χ1v) is 8.22. The van der Waals surface area contributed by atoms with Crippen molar-refractivity contribution in [2.75, 3.05) is 7.11 Å². The fraction of sp³-hybridized carbons (Fsp3) is 0.136. The van der Waals surface area contributed by atoms with Crippen LogP contribution in [0.3, 0.4) is 0 Å². The number of hydrogen-bond acceptors (Lipinski definition) is 2. The molecule has 0 saturated heterocycles. The molecule has 0 fully saturated rings. The molecule has 3 aromatic carbocycles. The number of methoxy groups -OCH3 is 1. The van der Waals surface area contributed by atoms with Crippen LogP contribution in [0.25, 0.3) is 27.5 Å². The van der Waals surface area contributed by atoms with Gasteiger partial charge in [0.1, 0.15) is 5.75 Å². The van der Waals surface area contributed by atoms with Gasteiger partial charge in [-0.2, -0.15) is 5.26 Å². The predicted molar refractivity (Wildman–Crippen MR) is 102 cm³/mol. The highest BCUT2D eigenvalue weighted by Gasteiger charge is 2.14. The van der Waals surface area contributed by atoms with Crippen LogP contribution in [0.1, 0.15) is 16.7 Å². The lowest BCUT2D eigenvalue weighted by Crippen LogP contribution is -1.97. The molecule has 0 aliphatic carbocycles. The molecular formula is C22H18N2O. The van der Waals surface area contributed by atoms with Crippen LogP contribution in [0.2, 0.25) is 0 Å². The van der Waals surface area contributed by atoms with Crippen LogP contribution in [0.15, 0.2) is 54.6 Å². The van der Waals surface area contributed by atoms with Crippen LogP contribution >= 0.6 is 0 Å². The molecule has 122 valence electrons. The van der Waals surface area contributed by atoms with Crippen molar-refractivity contribution in [1.82, 2.24) is 4.57 Å². The Hall–Kier alpha value is -3.25. The summed E-state index contributed by atoms with van der Waals surface area (Å²) in [5, 5.41) is 11.5. The van der Waals surface area contributed by atoms with Crippen molar-refractivity contribution in [3.05, 3.63) is 71.3 Å². The maximum absolute atomic E-state index is 9.14. The average Bonchev–Trinajstić information content (AvgIpc) is 2.94. The second-order valence-corrected chi connectivity index (χ2v) is 6.35. The number of nitriles is 1. The third-order valence-electron chi connectivity index (χ3n) is 4.69. The first-order valence-electron chi connectivity index (χ1n) is 8.22. The lowest BCUT2D eigenvalue weighted by molar-refractivity contribution is 0.415. The molecule has 3 nitrogen and oxygen atoms in total. The summed E-state index contributed by atoms with van der Waals surface area (Å²) in [6.07, 6.45) is 0. The molecule has 0 atom stereocenters. The molecule has 25 heavy (non-hydrogen) atoms. The minimum atomic E-state index is 0.680. The summed E-state index contributed by atoms with van der Waals surface area (Å²) in [5.74, 6) is 0.851. The van der Waals surface area contributed by atoms with E-state index in [1.54, 1.807) is 7.11 Å². The number of aryl methyl sites for hydroxylation is 2. The number of rotatable bonds is 2. The quantitative estimate of drug-likeness (QED) is 0.502. The van der Waals surface area contributed by atoms with E-state index >= 15 is 0 Å². The number of benzene rings is 3. The lowest BCUT2D eigenvalue weighted by atomic mass is 10.1. The second-order valence-electron chi connectivity index (χ2n) is 6.35. The molecule has 0 saturated carbocycles. The molecule has 0 aliphatic rings. The van der Waals surface area contributed by atoms with E-state index < -0.39 is 0 Å². The van der Waals surface area contributed by atoms with Crippen molar-refractivity contribution in [2.45, 2.75) is 13.8 Å². The first kappa shape index (κ1) is 15.3. The van der Waals surface area contributed by atoms with E-state index in [1.165, 1.54) is 16.3 Å². The molecule has 4 aromatic rings. The van der Waals surface area contributed by atoms with Crippen molar-refractivity contribution >= 4 is 21.8 Å². The number of fused-ring (bicyclic) bond motifs is 3. The second kappa shape index (κ2) is 5.68. The highest BCUT2D eigenvalue weighted by molar-refractivity contribution is 6.10. The molecule has 0 radical (unpaired) electrons. The van der Waals surface area contributed by atoms with E-state index in [2.05, 4.69) is 47.9 Å². The molecule has 0 unspecified atom stereocenters. The molecule has 0 spiro atoms. The largest absolute Gasteiger partial charge is 0.497 e. The Morgan fingerprint density at radius 1 is 0.880 bits per heavy atom. The molecule has 3 heteroatoms. The first-order chi connectivity index (χ1) is 12.1.